The SMILES string of the molecule is COc1cc2c(Oc3ccc(NC(=O)c4ccccc4)cc3)ccnc2cc1OCC1CCN(CCC(N)C(=O)OC2CCCC2)CC1. The van der Waals surface area contributed by atoms with Crippen molar-refractivity contribution in [3.05, 3.63) is 84.6 Å². The number of ether oxygens (including phenoxy) is 4. The summed E-state index contributed by atoms with van der Waals surface area (Å²) in [7, 11) is 1.63. The minimum absolute atomic E-state index is 0.0540. The zero-order valence-electron chi connectivity index (χ0n) is 27.4. The number of nitrogens with two attached hydrogens (primary N) is 1. The summed E-state index contributed by atoms with van der Waals surface area (Å²) in [6.45, 7) is 3.25. The van der Waals surface area contributed by atoms with E-state index in [1.165, 1.54) is 0 Å². The lowest BCUT2D eigenvalue weighted by Gasteiger charge is -2.32. The molecule has 10 nitrogen and oxygen atoms in total. The Morgan fingerprint density at radius 2 is 1.69 bits per heavy atom. The zero-order chi connectivity index (χ0) is 33.3. The summed E-state index contributed by atoms with van der Waals surface area (Å²) in [6, 6.07) is 21.4. The van der Waals surface area contributed by atoms with Gasteiger partial charge in [0.1, 0.15) is 23.6 Å². The number of esters is 1. The molecule has 1 atom stereocenters. The molecule has 1 aliphatic carbocycles. The van der Waals surface area contributed by atoms with E-state index >= 15 is 0 Å². The number of nitrogens with one attached hydrogen (secondary N) is 1. The molecule has 3 N–H and O–H groups in total. The summed E-state index contributed by atoms with van der Waals surface area (Å²) in [5.74, 6) is 2.47. The number of amides is 1. The molecule has 2 fully saturated rings. The minimum Gasteiger partial charge on any atom is -0.493 e. The molecule has 0 bridgehead atoms. The number of benzene rings is 3. The summed E-state index contributed by atoms with van der Waals surface area (Å²) in [6.07, 6.45) is 8.55. The van der Waals surface area contributed by atoms with Crippen LogP contribution in [0.3, 0.4) is 0 Å². The Kier molecular flexibility index (Phi) is 11.0. The van der Waals surface area contributed by atoms with Crippen molar-refractivity contribution in [2.45, 2.75) is 57.1 Å². The van der Waals surface area contributed by atoms with Gasteiger partial charge in [0.15, 0.2) is 11.5 Å². The fourth-order valence-electron chi connectivity index (χ4n) is 6.30. The monoisotopic (exact) mass is 652 g/mol. The van der Waals surface area contributed by atoms with Crippen LogP contribution in [0, 0.1) is 5.92 Å². The lowest BCUT2D eigenvalue weighted by Crippen LogP contribution is -2.41. The molecular weight excluding hydrogens is 608 g/mol. The lowest BCUT2D eigenvalue weighted by molar-refractivity contribution is -0.150. The topological polar surface area (TPSA) is 125 Å². The molecule has 2 heterocycles. The van der Waals surface area contributed by atoms with E-state index < -0.39 is 6.04 Å². The van der Waals surface area contributed by atoms with Crippen molar-refractivity contribution >= 4 is 28.5 Å². The number of anilines is 1. The number of hydrogen-bond donors (Lipinski definition) is 2. The van der Waals surface area contributed by atoms with Gasteiger partial charge in [-0.05, 0) is 112 Å². The Hall–Kier alpha value is -4.67. The predicted octanol–water partition coefficient (Wildman–Crippen LogP) is 6.58. The second kappa shape index (κ2) is 16.0. The molecule has 2 aliphatic rings. The van der Waals surface area contributed by atoms with E-state index in [2.05, 4.69) is 15.2 Å². The number of aromatic nitrogens is 1. The van der Waals surface area contributed by atoms with Crippen molar-refractivity contribution in [2.24, 2.45) is 11.7 Å². The smallest absolute Gasteiger partial charge is 0.323 e. The first-order valence-electron chi connectivity index (χ1n) is 16.9. The van der Waals surface area contributed by atoms with E-state index in [0.717, 1.165) is 69.1 Å². The molecule has 252 valence electrons. The highest BCUT2D eigenvalue weighted by Crippen LogP contribution is 2.38. The first-order valence-corrected chi connectivity index (χ1v) is 16.9. The maximum Gasteiger partial charge on any atom is 0.323 e. The third-order valence-corrected chi connectivity index (χ3v) is 9.19. The molecule has 1 aromatic heterocycles. The van der Waals surface area contributed by atoms with E-state index in [9.17, 15) is 9.59 Å². The van der Waals surface area contributed by atoms with Crippen LogP contribution >= 0.6 is 0 Å². The molecule has 1 amide bonds. The van der Waals surface area contributed by atoms with E-state index in [-0.39, 0.29) is 18.0 Å². The largest absolute Gasteiger partial charge is 0.493 e. The van der Waals surface area contributed by atoms with E-state index in [1.54, 1.807) is 37.6 Å². The van der Waals surface area contributed by atoms with Crippen molar-refractivity contribution in [1.29, 1.82) is 0 Å². The summed E-state index contributed by atoms with van der Waals surface area (Å²) in [5, 5.41) is 3.70. The maximum atomic E-state index is 12.5. The normalized spacial score (nSPS) is 16.4. The number of carbonyl (C=O) groups is 2. The Morgan fingerprint density at radius 1 is 0.938 bits per heavy atom. The Bertz CT molecular complexity index is 1670. The second-order valence-electron chi connectivity index (χ2n) is 12.6. The molecule has 48 heavy (non-hydrogen) atoms. The third kappa shape index (κ3) is 8.62. The van der Waals surface area contributed by atoms with Gasteiger partial charge in [-0.25, -0.2) is 0 Å². The predicted molar refractivity (Wildman–Crippen MR) is 185 cm³/mol. The number of likely N-dealkylation sites (tertiary alicyclic amines) is 1. The van der Waals surface area contributed by atoms with Crippen LogP contribution in [0.25, 0.3) is 10.9 Å². The highest BCUT2D eigenvalue weighted by atomic mass is 16.5. The average Bonchev–Trinajstić information content (AvgIpc) is 3.64. The van der Waals surface area contributed by atoms with E-state index in [0.29, 0.717) is 53.2 Å². The van der Waals surface area contributed by atoms with E-state index in [4.69, 9.17) is 24.7 Å². The first-order chi connectivity index (χ1) is 23.4. The van der Waals surface area contributed by atoms with Gasteiger partial charge in [0, 0.05) is 35.4 Å². The number of methoxy groups -OCH3 is 1. The molecule has 1 unspecified atom stereocenters. The molecule has 10 heteroatoms. The van der Waals surface area contributed by atoms with Crippen molar-refractivity contribution in [3.63, 3.8) is 0 Å². The standard InChI is InChI=1S/C38H44N4O6/c1-45-35-23-31-33(40-19-15-34(31)47-30-13-11-28(12-14-30)41-37(43)27-7-3-2-4-8-27)24-36(35)46-25-26-16-20-42(21-17-26)22-18-32(39)38(44)48-29-9-5-6-10-29/h2-4,7-8,11-15,19,23-24,26,29,32H,5-6,9-10,16-18,20-22,25,39H2,1H3,(H,41,43). The van der Waals surface area contributed by atoms with E-state index in [1.807, 2.05) is 48.5 Å². The summed E-state index contributed by atoms with van der Waals surface area (Å²) in [4.78, 5) is 31.8. The molecule has 1 aliphatic heterocycles. The van der Waals surface area contributed by atoms with Crippen molar-refractivity contribution in [2.75, 3.05) is 38.7 Å². The molecule has 4 aromatic rings. The van der Waals surface area contributed by atoms with Crippen molar-refractivity contribution < 1.29 is 28.5 Å². The fraction of sp³-hybridized carbons (Fsp3) is 0.395. The van der Waals surface area contributed by atoms with Gasteiger partial charge in [-0.15, -0.1) is 0 Å². The van der Waals surface area contributed by atoms with Crippen LogP contribution in [0.2, 0.25) is 0 Å². The van der Waals surface area contributed by atoms with Gasteiger partial charge < -0.3 is 34.9 Å². The number of piperidine rings is 1. The molecule has 0 radical (unpaired) electrons. The number of carbonyl (C=O) groups excluding carboxylic acids is 2. The summed E-state index contributed by atoms with van der Waals surface area (Å²) < 4.78 is 23.8. The fourth-order valence-corrected chi connectivity index (χ4v) is 6.30. The third-order valence-electron chi connectivity index (χ3n) is 9.19. The number of nitrogens with zero attached hydrogens (tertiary/aromatic N) is 2. The average molecular weight is 653 g/mol. The van der Waals surface area contributed by atoms with Gasteiger partial charge in [-0.2, -0.15) is 0 Å². The first kappa shape index (κ1) is 33.2. The number of rotatable bonds is 13. The molecule has 1 saturated carbocycles. The van der Waals surface area contributed by atoms with Crippen LogP contribution in [0.1, 0.15) is 55.3 Å². The van der Waals surface area contributed by atoms with Gasteiger partial charge in [0.05, 0.1) is 19.2 Å². The van der Waals surface area contributed by atoms with Crippen LogP contribution in [0.4, 0.5) is 5.69 Å². The molecule has 6 rings (SSSR count). The van der Waals surface area contributed by atoms with Crippen LogP contribution < -0.4 is 25.3 Å². The highest BCUT2D eigenvalue weighted by molar-refractivity contribution is 6.04. The minimum atomic E-state index is -0.563. The van der Waals surface area contributed by atoms with Crippen LogP contribution in [0.5, 0.6) is 23.0 Å². The Morgan fingerprint density at radius 3 is 2.42 bits per heavy atom. The lowest BCUT2D eigenvalue weighted by atomic mass is 9.97. The molecule has 3 aromatic carbocycles. The van der Waals surface area contributed by atoms with Crippen LogP contribution in [-0.4, -0.2) is 67.3 Å². The molecule has 1 saturated heterocycles. The zero-order valence-corrected chi connectivity index (χ0v) is 27.4. The van der Waals surface area contributed by atoms with Crippen molar-refractivity contribution in [3.8, 4) is 23.0 Å². The molecule has 0 spiro atoms. The summed E-state index contributed by atoms with van der Waals surface area (Å²) >= 11 is 0. The van der Waals surface area contributed by atoms with Crippen LogP contribution in [-0.2, 0) is 9.53 Å². The number of fused-ring (bicyclic) bond motifs is 1. The van der Waals surface area contributed by atoms with Gasteiger partial charge in [-0.1, -0.05) is 18.2 Å². The van der Waals surface area contributed by atoms with Gasteiger partial charge in [0.25, 0.3) is 5.91 Å². The number of hydrogen-bond acceptors (Lipinski definition) is 9. The summed E-state index contributed by atoms with van der Waals surface area (Å²) in [5.41, 5.74) is 8.14. The van der Waals surface area contributed by atoms with Crippen LogP contribution in [0.15, 0.2) is 79.0 Å². The van der Waals surface area contributed by atoms with Crippen molar-refractivity contribution in [1.82, 2.24) is 9.88 Å². The molecular formula is C38H44N4O6. The maximum absolute atomic E-state index is 12.5. The van der Waals surface area contributed by atoms with Gasteiger partial charge in [-0.3, -0.25) is 14.6 Å². The Balaban J connectivity index is 0.999. The highest BCUT2D eigenvalue weighted by Gasteiger charge is 2.25. The van der Waals surface area contributed by atoms with Gasteiger partial charge in [0.2, 0.25) is 0 Å². The van der Waals surface area contributed by atoms with Gasteiger partial charge >= 0.3 is 5.97 Å². The second-order valence-corrected chi connectivity index (χ2v) is 12.6. The quantitative estimate of drug-likeness (QED) is 0.154. The Labute approximate surface area is 281 Å². The number of pyridine rings is 1.